The fraction of sp³-hybridized carbons (Fsp3) is 0.429. The van der Waals surface area contributed by atoms with Crippen molar-refractivity contribution in [3.63, 3.8) is 0 Å². The average molecular weight is 450 g/mol. The van der Waals surface area contributed by atoms with Crippen molar-refractivity contribution in [2.75, 3.05) is 39.8 Å². The van der Waals surface area contributed by atoms with E-state index in [1.54, 1.807) is 0 Å². The highest BCUT2D eigenvalue weighted by atomic mass is 32.2. The summed E-state index contributed by atoms with van der Waals surface area (Å²) in [6.07, 6.45) is 1.71. The first-order chi connectivity index (χ1) is 14.3. The highest BCUT2D eigenvalue weighted by molar-refractivity contribution is 7.89. The molecule has 0 spiro atoms. The van der Waals surface area contributed by atoms with Gasteiger partial charge in [-0.15, -0.1) is 0 Å². The maximum absolute atomic E-state index is 13.4. The van der Waals surface area contributed by atoms with E-state index >= 15 is 0 Å². The molecular weight excluding hydrogens is 422 g/mol. The van der Waals surface area contributed by atoms with Crippen molar-refractivity contribution in [1.82, 2.24) is 13.5 Å². The Morgan fingerprint density at radius 1 is 0.733 bits per heavy atom. The van der Waals surface area contributed by atoms with Crippen molar-refractivity contribution in [1.29, 1.82) is 0 Å². The number of likely N-dealkylation sites (N-methyl/N-ethyl adjacent to an activating group) is 1. The van der Waals surface area contributed by atoms with Crippen molar-refractivity contribution < 1.29 is 16.8 Å². The van der Waals surface area contributed by atoms with E-state index in [1.165, 1.54) is 32.9 Å². The number of rotatable bonds is 5. The molecule has 4 rings (SSSR count). The van der Waals surface area contributed by atoms with Crippen LogP contribution in [0.25, 0.3) is 0 Å². The molecule has 2 aromatic carbocycles. The normalized spacial score (nSPS) is 22.4. The maximum Gasteiger partial charge on any atom is 0.243 e. The Hall–Kier alpha value is -1.78. The quantitative estimate of drug-likeness (QED) is 0.699. The van der Waals surface area contributed by atoms with Crippen LogP contribution >= 0.6 is 0 Å². The predicted molar refractivity (Wildman–Crippen MR) is 115 cm³/mol. The molecule has 2 heterocycles. The minimum Gasteiger partial charge on any atom is -0.303 e. The van der Waals surface area contributed by atoms with Gasteiger partial charge in [0.15, 0.2) is 0 Å². The summed E-state index contributed by atoms with van der Waals surface area (Å²) in [4.78, 5) is 2.38. The number of hydrogen-bond donors (Lipinski definition) is 0. The Morgan fingerprint density at radius 2 is 1.30 bits per heavy atom. The average Bonchev–Trinajstić information content (AvgIpc) is 3.30. The Bertz CT molecular complexity index is 1080. The van der Waals surface area contributed by atoms with Crippen LogP contribution < -0.4 is 0 Å². The van der Waals surface area contributed by atoms with Crippen molar-refractivity contribution in [3.8, 4) is 0 Å². The first kappa shape index (κ1) is 21.5. The van der Waals surface area contributed by atoms with Crippen molar-refractivity contribution in [3.05, 3.63) is 60.2 Å². The Morgan fingerprint density at radius 3 is 1.90 bits per heavy atom. The summed E-state index contributed by atoms with van der Waals surface area (Å²) in [7, 11) is -5.35. The molecule has 0 saturated carbocycles. The van der Waals surface area contributed by atoms with Crippen LogP contribution in [0.15, 0.2) is 64.4 Å². The van der Waals surface area contributed by atoms with Crippen molar-refractivity contribution in [2.24, 2.45) is 0 Å². The van der Waals surface area contributed by atoms with Crippen LogP contribution in [0.1, 0.15) is 24.4 Å². The molecule has 2 aromatic rings. The first-order valence-corrected chi connectivity index (χ1v) is 13.0. The van der Waals surface area contributed by atoms with Gasteiger partial charge in [0.05, 0.1) is 15.8 Å². The van der Waals surface area contributed by atoms with Gasteiger partial charge in [-0.05, 0) is 49.7 Å². The second-order valence-corrected chi connectivity index (χ2v) is 11.7. The number of benzene rings is 2. The smallest absolute Gasteiger partial charge is 0.243 e. The SMILES string of the molecule is CN1CCN(S(=O)(=O)c2ccc(S(=O)(=O)N3CCCC3)cc2)[C@H](c2ccccc2)C1. The summed E-state index contributed by atoms with van der Waals surface area (Å²) in [6, 6.07) is 15.0. The van der Waals surface area contributed by atoms with Crippen molar-refractivity contribution >= 4 is 20.0 Å². The van der Waals surface area contributed by atoms with E-state index < -0.39 is 20.0 Å². The van der Waals surface area contributed by atoms with Gasteiger partial charge in [-0.1, -0.05) is 30.3 Å². The first-order valence-electron chi connectivity index (χ1n) is 10.2. The largest absolute Gasteiger partial charge is 0.303 e. The number of hydrogen-bond acceptors (Lipinski definition) is 5. The van der Waals surface area contributed by atoms with E-state index in [0.717, 1.165) is 18.4 Å². The molecule has 2 fully saturated rings. The van der Waals surface area contributed by atoms with Gasteiger partial charge in [-0.25, -0.2) is 16.8 Å². The Kier molecular flexibility index (Phi) is 6.00. The molecule has 2 saturated heterocycles. The van der Waals surface area contributed by atoms with Crippen LogP contribution in [-0.4, -0.2) is 70.1 Å². The lowest BCUT2D eigenvalue weighted by Crippen LogP contribution is -2.49. The Balaban J connectivity index is 1.64. The van der Waals surface area contributed by atoms with E-state index in [9.17, 15) is 16.8 Å². The van der Waals surface area contributed by atoms with Crippen LogP contribution in [0.5, 0.6) is 0 Å². The molecule has 9 heteroatoms. The van der Waals surface area contributed by atoms with Gasteiger partial charge < -0.3 is 4.90 Å². The fourth-order valence-electron chi connectivity index (χ4n) is 4.13. The van der Waals surface area contributed by atoms with Crippen LogP contribution in [0.4, 0.5) is 0 Å². The lowest BCUT2D eigenvalue weighted by atomic mass is 10.1. The molecule has 0 unspecified atom stereocenters. The summed E-state index contributed by atoms with van der Waals surface area (Å²) < 4.78 is 55.3. The third-order valence-corrected chi connectivity index (χ3v) is 9.69. The molecule has 0 aromatic heterocycles. The van der Waals surface area contributed by atoms with E-state index in [-0.39, 0.29) is 15.8 Å². The predicted octanol–water partition coefficient (Wildman–Crippen LogP) is 2.15. The van der Waals surface area contributed by atoms with Gasteiger partial charge in [0.2, 0.25) is 20.0 Å². The summed E-state index contributed by atoms with van der Waals surface area (Å²) in [5.41, 5.74) is 0.945. The molecule has 0 aliphatic carbocycles. The topological polar surface area (TPSA) is 78.0 Å². The number of sulfonamides is 2. The Labute approximate surface area is 179 Å². The fourth-order valence-corrected chi connectivity index (χ4v) is 7.25. The van der Waals surface area contributed by atoms with Gasteiger partial charge in [-0.2, -0.15) is 8.61 Å². The van der Waals surface area contributed by atoms with Gasteiger partial charge in [0, 0.05) is 32.7 Å². The van der Waals surface area contributed by atoms with Gasteiger partial charge in [0.1, 0.15) is 0 Å². The number of nitrogens with zero attached hydrogens (tertiary/aromatic N) is 3. The summed E-state index contributed by atoms with van der Waals surface area (Å²) in [6.45, 7) is 2.66. The highest BCUT2D eigenvalue weighted by Gasteiger charge is 2.36. The lowest BCUT2D eigenvalue weighted by molar-refractivity contribution is 0.160. The lowest BCUT2D eigenvalue weighted by Gasteiger charge is -2.39. The van der Waals surface area contributed by atoms with Gasteiger partial charge >= 0.3 is 0 Å². The third-order valence-electron chi connectivity index (χ3n) is 5.85. The standard InChI is InChI=1S/C21H27N3O4S2/c1-22-15-16-24(21(17-22)18-7-3-2-4-8-18)30(27,28)20-11-9-19(10-12-20)29(25,26)23-13-5-6-14-23/h2-4,7-12,21H,5-6,13-17H2,1H3/t21-/m0/s1. The van der Waals surface area contributed by atoms with Gasteiger partial charge in [-0.3, -0.25) is 0 Å². The van der Waals surface area contributed by atoms with E-state index in [1.807, 2.05) is 37.4 Å². The van der Waals surface area contributed by atoms with Crippen LogP contribution in [0.3, 0.4) is 0 Å². The molecule has 1 atom stereocenters. The van der Waals surface area contributed by atoms with Crippen LogP contribution in [0.2, 0.25) is 0 Å². The third kappa shape index (κ3) is 4.04. The minimum absolute atomic E-state index is 0.119. The summed E-state index contributed by atoms with van der Waals surface area (Å²) in [5.74, 6) is 0. The van der Waals surface area contributed by atoms with E-state index in [4.69, 9.17) is 0 Å². The molecule has 2 aliphatic heterocycles. The van der Waals surface area contributed by atoms with Crippen LogP contribution in [0, 0.1) is 0 Å². The minimum atomic E-state index is -3.77. The van der Waals surface area contributed by atoms with E-state index in [2.05, 4.69) is 4.90 Å². The molecule has 0 amide bonds. The molecule has 0 bridgehead atoms. The van der Waals surface area contributed by atoms with Crippen LogP contribution in [-0.2, 0) is 20.0 Å². The zero-order chi connectivity index (χ0) is 21.4. The van der Waals surface area contributed by atoms with Gasteiger partial charge in [0.25, 0.3) is 0 Å². The molecule has 162 valence electrons. The number of piperazine rings is 1. The molecule has 0 radical (unpaired) electrons. The molecule has 0 N–H and O–H groups in total. The second-order valence-electron chi connectivity index (χ2n) is 7.89. The molecule has 2 aliphatic rings. The molecular formula is C21H27N3O4S2. The van der Waals surface area contributed by atoms with Crippen molar-refractivity contribution in [2.45, 2.75) is 28.7 Å². The second kappa shape index (κ2) is 8.39. The maximum atomic E-state index is 13.4. The summed E-state index contributed by atoms with van der Waals surface area (Å²) in [5, 5.41) is 0. The zero-order valence-corrected chi connectivity index (χ0v) is 18.6. The van der Waals surface area contributed by atoms with E-state index in [0.29, 0.717) is 32.7 Å². The zero-order valence-electron chi connectivity index (χ0n) is 17.0. The monoisotopic (exact) mass is 449 g/mol. The molecule has 7 nitrogen and oxygen atoms in total. The summed E-state index contributed by atoms with van der Waals surface area (Å²) >= 11 is 0. The highest BCUT2D eigenvalue weighted by Crippen LogP contribution is 2.31. The molecule has 30 heavy (non-hydrogen) atoms.